The normalized spacial score (nSPS) is 29.7. The molecule has 174 valence electrons. The fourth-order valence-corrected chi connectivity index (χ4v) is 5.77. The smallest absolute Gasteiger partial charge is 0.308 e. The van der Waals surface area contributed by atoms with Crippen molar-refractivity contribution in [3.05, 3.63) is 29.6 Å². The van der Waals surface area contributed by atoms with Gasteiger partial charge in [0.25, 0.3) is 0 Å². The van der Waals surface area contributed by atoms with Gasteiger partial charge in [-0.3, -0.25) is 9.89 Å². The first kappa shape index (κ1) is 20.9. The first-order valence-corrected chi connectivity index (χ1v) is 11.4. The van der Waals surface area contributed by atoms with Crippen molar-refractivity contribution in [2.24, 2.45) is 23.7 Å². The molecule has 4 fully saturated rings. The molecule has 4 saturated carbocycles. The first-order valence-electron chi connectivity index (χ1n) is 11.4. The summed E-state index contributed by atoms with van der Waals surface area (Å²) in [7, 11) is 0. The van der Waals surface area contributed by atoms with Crippen molar-refractivity contribution in [3.8, 4) is 17.6 Å². The lowest BCUT2D eigenvalue weighted by Crippen LogP contribution is -2.51. The Labute approximate surface area is 192 Å². The summed E-state index contributed by atoms with van der Waals surface area (Å²) in [5.41, 5.74) is 0.636. The summed E-state index contributed by atoms with van der Waals surface area (Å²) in [6, 6.07) is 2.93. The predicted molar refractivity (Wildman–Crippen MR) is 115 cm³/mol. The van der Waals surface area contributed by atoms with E-state index in [0.29, 0.717) is 11.8 Å². The maximum Gasteiger partial charge on any atom is 0.308 e. The number of carbonyl (C=O) groups is 1. The first-order chi connectivity index (χ1) is 16.4. The van der Waals surface area contributed by atoms with Gasteiger partial charge < -0.3 is 10.4 Å². The van der Waals surface area contributed by atoms with Crippen LogP contribution in [-0.2, 0) is 4.79 Å². The number of aliphatic carboxylic acids is 1. The molecular formula is C23H21F2N7O2. The van der Waals surface area contributed by atoms with Crippen LogP contribution >= 0.6 is 0 Å². The van der Waals surface area contributed by atoms with E-state index in [1.807, 2.05) is 0 Å². The molecule has 0 aliphatic heterocycles. The number of fused-ring (bicyclic) bond motifs is 4. The van der Waals surface area contributed by atoms with Crippen LogP contribution in [0.15, 0.2) is 12.3 Å². The van der Waals surface area contributed by atoms with Crippen LogP contribution < -0.4 is 5.32 Å². The molecule has 3 N–H and O–H groups in total. The Bertz CT molecular complexity index is 1350. The van der Waals surface area contributed by atoms with Crippen molar-refractivity contribution in [1.82, 2.24) is 25.1 Å². The van der Waals surface area contributed by atoms with Crippen LogP contribution in [0.3, 0.4) is 0 Å². The number of carboxylic acids is 1. The van der Waals surface area contributed by atoms with Crippen LogP contribution in [0.25, 0.3) is 22.6 Å². The lowest BCUT2D eigenvalue weighted by Gasteiger charge is -2.47. The zero-order valence-electron chi connectivity index (χ0n) is 18.0. The minimum absolute atomic E-state index is 0.0424. The van der Waals surface area contributed by atoms with Gasteiger partial charge in [0, 0.05) is 12.0 Å². The van der Waals surface area contributed by atoms with Crippen molar-refractivity contribution in [2.45, 2.75) is 44.1 Å². The zero-order valence-corrected chi connectivity index (χ0v) is 18.0. The topological polar surface area (TPSA) is 140 Å². The van der Waals surface area contributed by atoms with Gasteiger partial charge in [0.15, 0.2) is 23.1 Å². The molecule has 0 spiro atoms. The molecule has 0 aromatic carbocycles. The second-order valence-electron chi connectivity index (χ2n) is 9.51. The number of pyridine rings is 1. The minimum atomic E-state index is -0.894. The summed E-state index contributed by atoms with van der Waals surface area (Å²) in [4.78, 5) is 24.8. The third kappa shape index (κ3) is 3.28. The lowest BCUT2D eigenvalue weighted by molar-refractivity contribution is -0.148. The number of hydrogen-bond acceptors (Lipinski definition) is 7. The average molecular weight is 465 g/mol. The van der Waals surface area contributed by atoms with Gasteiger partial charge in [-0.05, 0) is 50.0 Å². The summed E-state index contributed by atoms with van der Waals surface area (Å²) >= 11 is 0. The second kappa shape index (κ2) is 7.68. The summed E-state index contributed by atoms with van der Waals surface area (Å²) in [5, 5.41) is 29.5. The van der Waals surface area contributed by atoms with Gasteiger partial charge in [-0.1, -0.05) is 0 Å². The van der Waals surface area contributed by atoms with E-state index in [0.717, 1.165) is 31.9 Å². The number of rotatable bonds is 5. The molecule has 2 bridgehead atoms. The molecule has 3 aromatic rings. The highest BCUT2D eigenvalue weighted by Gasteiger charge is 2.48. The monoisotopic (exact) mass is 465 g/mol. The maximum atomic E-state index is 15.7. The molecule has 3 aromatic heterocycles. The third-order valence-corrected chi connectivity index (χ3v) is 7.59. The Morgan fingerprint density at radius 1 is 1.21 bits per heavy atom. The fraction of sp³-hybridized carbons (Fsp3) is 0.478. The summed E-state index contributed by atoms with van der Waals surface area (Å²) in [5.74, 6) is -3.36. The quantitative estimate of drug-likeness (QED) is 0.519. The molecular weight excluding hydrogens is 444 g/mol. The molecule has 9 nitrogen and oxygen atoms in total. The fourth-order valence-electron chi connectivity index (χ4n) is 5.77. The van der Waals surface area contributed by atoms with E-state index in [1.54, 1.807) is 0 Å². The maximum absolute atomic E-state index is 15.7. The Kier molecular flexibility index (Phi) is 4.72. The van der Waals surface area contributed by atoms with Crippen LogP contribution in [0, 0.1) is 46.6 Å². The largest absolute Gasteiger partial charge is 0.481 e. The van der Waals surface area contributed by atoms with Crippen molar-refractivity contribution in [3.63, 3.8) is 0 Å². The molecule has 1 unspecified atom stereocenters. The SMILES string of the molecule is N#C[C@@H]1CC1c1nc(-c2[nH]nc3ncc(F)cc23)nc(N[C@H]2C3CCC(CC3)[C@@H]2C(=O)O)c1F. The van der Waals surface area contributed by atoms with E-state index in [2.05, 4.69) is 36.5 Å². The standard InChI is InChI=1S/C23H21F2N7O2/c24-12-6-14-19(31-32-20(14)27-8-12)22-29-18(13-5-11(13)7-26)16(25)21(30-22)28-17-10-3-1-9(2-4-10)15(17)23(33)34/h6,8-11,13,15,17H,1-5H2,(H,33,34)(H,27,31,32)(H,28,29,30)/t9?,10?,11-,13?,15-,17-/m0/s1. The lowest BCUT2D eigenvalue weighted by atomic mass is 9.61. The van der Waals surface area contributed by atoms with Crippen LogP contribution in [0.4, 0.5) is 14.6 Å². The van der Waals surface area contributed by atoms with Crippen LogP contribution in [0.2, 0.25) is 0 Å². The molecule has 0 saturated heterocycles. The predicted octanol–water partition coefficient (Wildman–Crippen LogP) is 3.62. The Balaban J connectivity index is 1.46. The highest BCUT2D eigenvalue weighted by molar-refractivity contribution is 5.88. The van der Waals surface area contributed by atoms with Crippen molar-refractivity contribution < 1.29 is 18.7 Å². The number of halogens is 2. The number of nitrogens with zero attached hydrogens (tertiary/aromatic N) is 5. The summed E-state index contributed by atoms with van der Waals surface area (Å²) < 4.78 is 29.5. The molecule has 4 aliphatic rings. The molecule has 34 heavy (non-hydrogen) atoms. The Hall–Kier alpha value is -3.68. The van der Waals surface area contributed by atoms with E-state index in [4.69, 9.17) is 0 Å². The number of nitrogens with one attached hydrogen (secondary N) is 2. The van der Waals surface area contributed by atoms with Crippen molar-refractivity contribution in [1.29, 1.82) is 5.26 Å². The molecule has 11 heteroatoms. The minimum Gasteiger partial charge on any atom is -0.481 e. The van der Waals surface area contributed by atoms with E-state index >= 15 is 4.39 Å². The molecule has 3 heterocycles. The summed E-state index contributed by atoms with van der Waals surface area (Å²) in [6.45, 7) is 0. The van der Waals surface area contributed by atoms with Gasteiger partial charge in [-0.15, -0.1) is 0 Å². The van der Waals surface area contributed by atoms with Crippen molar-refractivity contribution in [2.75, 3.05) is 5.32 Å². The molecule has 4 atom stereocenters. The van der Waals surface area contributed by atoms with Crippen LogP contribution in [0.1, 0.15) is 43.7 Å². The number of anilines is 1. The van der Waals surface area contributed by atoms with Crippen molar-refractivity contribution >= 4 is 22.8 Å². The number of aromatic nitrogens is 5. The van der Waals surface area contributed by atoms with Crippen LogP contribution in [-0.4, -0.2) is 42.3 Å². The van der Waals surface area contributed by atoms with Gasteiger partial charge >= 0.3 is 5.97 Å². The number of hydrogen-bond donors (Lipinski definition) is 3. The Morgan fingerprint density at radius 3 is 2.68 bits per heavy atom. The van der Waals surface area contributed by atoms with Gasteiger partial charge in [0.05, 0.1) is 35.2 Å². The van der Waals surface area contributed by atoms with Gasteiger partial charge in [-0.2, -0.15) is 10.4 Å². The molecule has 0 amide bonds. The highest BCUT2D eigenvalue weighted by Crippen LogP contribution is 2.49. The van der Waals surface area contributed by atoms with E-state index in [-0.39, 0.29) is 52.3 Å². The summed E-state index contributed by atoms with van der Waals surface area (Å²) in [6.07, 6.45) is 5.00. The van der Waals surface area contributed by atoms with Crippen LogP contribution in [0.5, 0.6) is 0 Å². The van der Waals surface area contributed by atoms with E-state index in [9.17, 15) is 19.6 Å². The van der Waals surface area contributed by atoms with Gasteiger partial charge in [-0.25, -0.2) is 23.7 Å². The average Bonchev–Trinajstić information content (AvgIpc) is 3.51. The second-order valence-corrected chi connectivity index (χ2v) is 9.51. The van der Waals surface area contributed by atoms with Gasteiger partial charge in [0.2, 0.25) is 0 Å². The molecule has 0 radical (unpaired) electrons. The molecule has 7 rings (SSSR count). The van der Waals surface area contributed by atoms with E-state index in [1.165, 1.54) is 6.07 Å². The molecule has 4 aliphatic carbocycles. The number of carboxylic acid groups (broad SMARTS) is 1. The number of nitriles is 1. The number of H-pyrrole nitrogens is 1. The van der Waals surface area contributed by atoms with Gasteiger partial charge in [0.1, 0.15) is 11.5 Å². The highest BCUT2D eigenvalue weighted by atomic mass is 19.1. The third-order valence-electron chi connectivity index (χ3n) is 7.59. The number of aromatic amines is 1. The Morgan fingerprint density at radius 2 is 1.97 bits per heavy atom. The van der Waals surface area contributed by atoms with E-state index < -0.39 is 29.6 Å². The zero-order chi connectivity index (χ0) is 23.6.